The smallest absolute Gasteiger partial charge is 0.355 e. The van der Waals surface area contributed by atoms with Crippen LogP contribution in [0.1, 0.15) is 31.4 Å². The van der Waals surface area contributed by atoms with Gasteiger partial charge in [-0.15, -0.1) is 0 Å². The zero-order valence-electron chi connectivity index (χ0n) is 20.4. The molecule has 36 heavy (non-hydrogen) atoms. The summed E-state index contributed by atoms with van der Waals surface area (Å²) < 4.78 is 7.70. The summed E-state index contributed by atoms with van der Waals surface area (Å²) in [5.74, 6) is 0.860. The lowest BCUT2D eigenvalue weighted by Crippen LogP contribution is -2.55. The van der Waals surface area contributed by atoms with Crippen molar-refractivity contribution in [1.82, 2.24) is 19.4 Å². The summed E-state index contributed by atoms with van der Waals surface area (Å²) in [6, 6.07) is 12.2. The van der Waals surface area contributed by atoms with E-state index in [0.29, 0.717) is 34.3 Å². The van der Waals surface area contributed by atoms with Crippen molar-refractivity contribution in [2.45, 2.75) is 45.2 Å². The Hall–Kier alpha value is -2.89. The summed E-state index contributed by atoms with van der Waals surface area (Å²) in [6.07, 6.45) is -0.0699. The molecule has 194 valence electrons. The summed E-state index contributed by atoms with van der Waals surface area (Å²) in [5, 5.41) is 6.91. The third-order valence-corrected chi connectivity index (χ3v) is 6.30. The van der Waals surface area contributed by atoms with E-state index >= 15 is 0 Å². The predicted molar refractivity (Wildman–Crippen MR) is 143 cm³/mol. The minimum Gasteiger partial charge on any atom is -0.497 e. The zero-order chi connectivity index (χ0) is 26.5. The van der Waals surface area contributed by atoms with Gasteiger partial charge in [-0.3, -0.25) is 9.88 Å². The first-order valence-corrected chi connectivity index (χ1v) is 12.1. The molecular weight excluding hydrogens is 505 g/mol. The minimum atomic E-state index is -0.680. The molecule has 3 aromatic rings. The van der Waals surface area contributed by atoms with E-state index in [1.165, 1.54) is 4.57 Å². The van der Waals surface area contributed by atoms with Gasteiger partial charge < -0.3 is 21.5 Å². The molecule has 2 aromatic carbocycles. The van der Waals surface area contributed by atoms with Crippen LogP contribution in [0.15, 0.2) is 52.1 Å². The molecule has 0 unspecified atom stereocenters. The first-order chi connectivity index (χ1) is 17.0. The number of nitrogens with two attached hydrogens (primary N) is 2. The van der Waals surface area contributed by atoms with Gasteiger partial charge in [-0.2, -0.15) is 4.98 Å². The highest BCUT2D eigenvalue weighted by Gasteiger charge is 2.20. The van der Waals surface area contributed by atoms with Gasteiger partial charge in [0.15, 0.2) is 0 Å². The van der Waals surface area contributed by atoms with Crippen molar-refractivity contribution in [3.8, 4) is 5.75 Å². The molecule has 1 heterocycles. The number of halogens is 2. The maximum absolute atomic E-state index is 13.5. The molecule has 0 fully saturated rings. The van der Waals surface area contributed by atoms with Gasteiger partial charge in [0.2, 0.25) is 5.95 Å². The summed E-state index contributed by atoms with van der Waals surface area (Å²) in [4.78, 5) is 30.6. The van der Waals surface area contributed by atoms with E-state index in [1.54, 1.807) is 37.4 Å². The fraction of sp³-hybridized carbons (Fsp3) is 0.375. The lowest BCUT2D eigenvalue weighted by Gasteiger charge is -2.28. The fourth-order valence-corrected chi connectivity index (χ4v) is 4.01. The van der Waals surface area contributed by atoms with Gasteiger partial charge in [-0.1, -0.05) is 41.4 Å². The van der Waals surface area contributed by atoms with Gasteiger partial charge in [-0.25, -0.2) is 14.2 Å². The van der Waals surface area contributed by atoms with Crippen molar-refractivity contribution in [1.29, 1.82) is 0 Å². The Bertz CT molecular complexity index is 1300. The van der Waals surface area contributed by atoms with Crippen molar-refractivity contribution >= 4 is 29.2 Å². The van der Waals surface area contributed by atoms with Crippen LogP contribution in [0.25, 0.3) is 0 Å². The maximum atomic E-state index is 13.5. The largest absolute Gasteiger partial charge is 0.497 e. The molecule has 0 aliphatic heterocycles. The number of rotatable bonds is 11. The third kappa shape index (κ3) is 7.31. The zero-order valence-corrected chi connectivity index (χ0v) is 21.9. The summed E-state index contributed by atoms with van der Waals surface area (Å²) in [7, 11) is 1.58. The predicted octanol–water partition coefficient (Wildman–Crippen LogP) is 2.19. The SMILES string of the molecule is COc1ccc(Cn2c(NCCC(C)(C)NC(N)N)nc(=O)n(Cc3ccc(Cl)c(Cl)c3)c2=O)cc1. The van der Waals surface area contributed by atoms with Crippen LogP contribution in [0.2, 0.25) is 10.0 Å². The second kappa shape index (κ2) is 11.9. The van der Waals surface area contributed by atoms with Gasteiger partial charge in [-0.05, 0) is 55.7 Å². The second-order valence-corrected chi connectivity index (χ2v) is 9.81. The lowest BCUT2D eigenvalue weighted by molar-refractivity contribution is 0.326. The maximum Gasteiger partial charge on any atom is 0.355 e. The number of anilines is 1. The van der Waals surface area contributed by atoms with E-state index in [2.05, 4.69) is 15.6 Å². The fourth-order valence-electron chi connectivity index (χ4n) is 3.69. The topological polar surface area (TPSA) is 142 Å². The first-order valence-electron chi connectivity index (χ1n) is 11.3. The van der Waals surface area contributed by atoms with Gasteiger partial charge in [0.05, 0.1) is 30.2 Å². The van der Waals surface area contributed by atoms with Gasteiger partial charge in [0.25, 0.3) is 0 Å². The van der Waals surface area contributed by atoms with Crippen LogP contribution < -0.4 is 38.2 Å². The standard InChI is InChI=1S/C24H31Cl2N7O3/c1-24(2,31-20(27)28)10-11-29-21-30-22(34)33(14-16-6-9-18(25)19(26)12-16)23(35)32(21)13-15-4-7-17(36-3)8-5-15/h4-9,12,20,31H,10-11,13-14,27-28H2,1-3H3,(H,29,30,34). The van der Waals surface area contributed by atoms with E-state index in [-0.39, 0.29) is 24.6 Å². The third-order valence-electron chi connectivity index (χ3n) is 5.56. The van der Waals surface area contributed by atoms with Crippen LogP contribution in [0.4, 0.5) is 5.95 Å². The van der Waals surface area contributed by atoms with Crippen molar-refractivity contribution < 1.29 is 4.74 Å². The monoisotopic (exact) mass is 535 g/mol. The molecular formula is C24H31Cl2N7O3. The molecule has 0 aliphatic rings. The number of nitrogens with zero attached hydrogens (tertiary/aromatic N) is 3. The Balaban J connectivity index is 1.95. The molecule has 12 heteroatoms. The summed E-state index contributed by atoms with van der Waals surface area (Å²) in [6.45, 7) is 4.51. The molecule has 0 saturated carbocycles. The Kier molecular flexibility index (Phi) is 9.15. The molecule has 3 rings (SSSR count). The highest BCUT2D eigenvalue weighted by atomic mass is 35.5. The number of benzene rings is 2. The molecule has 6 N–H and O–H groups in total. The van der Waals surface area contributed by atoms with E-state index in [1.807, 2.05) is 26.0 Å². The van der Waals surface area contributed by atoms with Crippen LogP contribution in [-0.4, -0.2) is 39.6 Å². The second-order valence-electron chi connectivity index (χ2n) is 9.00. The first kappa shape index (κ1) is 27.7. The van der Waals surface area contributed by atoms with Gasteiger partial charge >= 0.3 is 11.4 Å². The summed E-state index contributed by atoms with van der Waals surface area (Å²) >= 11 is 12.1. The number of hydrogen-bond donors (Lipinski definition) is 4. The van der Waals surface area contributed by atoms with Crippen molar-refractivity contribution in [2.75, 3.05) is 19.0 Å². The average Bonchev–Trinajstić information content (AvgIpc) is 2.80. The highest BCUT2D eigenvalue weighted by molar-refractivity contribution is 6.42. The Morgan fingerprint density at radius 3 is 2.25 bits per heavy atom. The lowest BCUT2D eigenvalue weighted by atomic mass is 10.0. The van der Waals surface area contributed by atoms with Gasteiger partial charge in [0.1, 0.15) is 12.0 Å². The van der Waals surface area contributed by atoms with Crippen LogP contribution >= 0.6 is 23.2 Å². The molecule has 0 spiro atoms. The Labute approximate surface area is 219 Å². The molecule has 0 amide bonds. The van der Waals surface area contributed by atoms with Crippen molar-refractivity contribution in [3.63, 3.8) is 0 Å². The molecule has 10 nitrogen and oxygen atoms in total. The van der Waals surface area contributed by atoms with Crippen molar-refractivity contribution in [3.05, 3.63) is 84.6 Å². The molecule has 0 radical (unpaired) electrons. The van der Waals surface area contributed by atoms with Crippen LogP contribution in [0.5, 0.6) is 5.75 Å². The van der Waals surface area contributed by atoms with Crippen LogP contribution in [0.3, 0.4) is 0 Å². The number of aromatic nitrogens is 3. The Morgan fingerprint density at radius 1 is 1.00 bits per heavy atom. The Morgan fingerprint density at radius 2 is 1.64 bits per heavy atom. The molecule has 1 aromatic heterocycles. The van der Waals surface area contributed by atoms with Crippen molar-refractivity contribution in [2.24, 2.45) is 11.5 Å². The molecule has 0 bridgehead atoms. The molecule has 0 saturated heterocycles. The number of hydrogen-bond acceptors (Lipinski definition) is 8. The number of ether oxygens (including phenoxy) is 1. The van der Waals surface area contributed by atoms with E-state index in [9.17, 15) is 9.59 Å². The highest BCUT2D eigenvalue weighted by Crippen LogP contribution is 2.22. The number of nitrogens with one attached hydrogen (secondary N) is 2. The minimum absolute atomic E-state index is 0.00418. The van der Waals surface area contributed by atoms with Gasteiger partial charge in [0, 0.05) is 12.1 Å². The average molecular weight is 536 g/mol. The molecule has 0 atom stereocenters. The summed E-state index contributed by atoms with van der Waals surface area (Å²) in [5.41, 5.74) is 11.2. The van der Waals surface area contributed by atoms with E-state index in [0.717, 1.165) is 10.1 Å². The quantitative estimate of drug-likeness (QED) is 0.273. The number of methoxy groups -OCH3 is 1. The van der Waals surface area contributed by atoms with E-state index in [4.69, 9.17) is 39.4 Å². The van der Waals surface area contributed by atoms with Crippen LogP contribution in [-0.2, 0) is 13.1 Å². The molecule has 0 aliphatic carbocycles. The van der Waals surface area contributed by atoms with E-state index < -0.39 is 17.7 Å². The normalized spacial score (nSPS) is 11.7. The van der Waals surface area contributed by atoms with Crippen LogP contribution in [0, 0.1) is 0 Å².